The zero-order valence-corrected chi connectivity index (χ0v) is 16.5. The second-order valence-corrected chi connectivity index (χ2v) is 6.79. The van der Waals surface area contributed by atoms with Gasteiger partial charge in [0.05, 0.1) is 35.4 Å². The zero-order chi connectivity index (χ0) is 22.7. The van der Waals surface area contributed by atoms with Gasteiger partial charge in [-0.05, 0) is 24.3 Å². The molecule has 0 radical (unpaired) electrons. The minimum absolute atomic E-state index is 0.0258. The van der Waals surface area contributed by atoms with Gasteiger partial charge in [0.1, 0.15) is 5.82 Å². The molecule has 0 aliphatic carbocycles. The molecule has 162 valence electrons. The summed E-state index contributed by atoms with van der Waals surface area (Å²) in [5, 5.41) is 9.01. The molecule has 10 heteroatoms. The number of nitrogens with zero attached hydrogens (tertiary/aromatic N) is 3. The molecule has 7 nitrogen and oxygen atoms in total. The number of nitrogens with two attached hydrogens (primary N) is 1. The average Bonchev–Trinajstić information content (AvgIpc) is 3.34. The number of halogens is 3. The van der Waals surface area contributed by atoms with E-state index >= 15 is 0 Å². The number of hydrogen-bond donors (Lipinski definition) is 3. The van der Waals surface area contributed by atoms with Gasteiger partial charge in [-0.3, -0.25) is 9.89 Å². The number of H-pyrrole nitrogens is 1. The van der Waals surface area contributed by atoms with Crippen molar-refractivity contribution in [3.8, 4) is 22.5 Å². The summed E-state index contributed by atoms with van der Waals surface area (Å²) in [4.78, 5) is 21.5. The van der Waals surface area contributed by atoms with Gasteiger partial charge in [-0.15, -0.1) is 0 Å². The Morgan fingerprint density at radius 1 is 1.09 bits per heavy atom. The summed E-state index contributed by atoms with van der Waals surface area (Å²) in [6.45, 7) is 0.111. The second kappa shape index (κ2) is 8.60. The van der Waals surface area contributed by atoms with E-state index in [1.807, 2.05) is 30.3 Å². The molecule has 0 fully saturated rings. The maximum Gasteiger partial charge on any atom is 0.417 e. The lowest BCUT2D eigenvalue weighted by molar-refractivity contribution is -0.137. The molecule has 0 saturated carbocycles. The first-order valence-corrected chi connectivity index (χ1v) is 9.51. The molecular formula is C22H17F3N6O. The summed E-state index contributed by atoms with van der Waals surface area (Å²) in [5.74, 6) is -0.228. The maximum atomic E-state index is 13.5. The van der Waals surface area contributed by atoms with E-state index in [2.05, 4.69) is 25.5 Å². The third-order valence-electron chi connectivity index (χ3n) is 4.68. The molecule has 2 aromatic heterocycles. The third kappa shape index (κ3) is 4.35. The van der Waals surface area contributed by atoms with Gasteiger partial charge in [-0.2, -0.15) is 18.3 Å². The normalized spacial score (nSPS) is 11.4. The molecule has 4 aromatic rings. The quantitative estimate of drug-likeness (QED) is 0.431. The monoisotopic (exact) mass is 438 g/mol. The SMILES string of the molecule is NCc1ncc(NC(=O)c2ccc(C(F)(F)F)c(-c3cc[nH]n3)c2)c(-c2ccccc2)n1. The highest BCUT2D eigenvalue weighted by Crippen LogP contribution is 2.37. The van der Waals surface area contributed by atoms with Crippen LogP contribution >= 0.6 is 0 Å². The second-order valence-electron chi connectivity index (χ2n) is 6.79. The topological polar surface area (TPSA) is 110 Å². The van der Waals surface area contributed by atoms with Crippen molar-refractivity contribution in [1.29, 1.82) is 0 Å². The van der Waals surface area contributed by atoms with Gasteiger partial charge in [0.2, 0.25) is 0 Å². The van der Waals surface area contributed by atoms with Crippen LogP contribution in [0.2, 0.25) is 0 Å². The van der Waals surface area contributed by atoms with E-state index in [-0.39, 0.29) is 23.4 Å². The molecule has 2 heterocycles. The highest BCUT2D eigenvalue weighted by Gasteiger charge is 2.34. The highest BCUT2D eigenvalue weighted by molar-refractivity contribution is 6.06. The summed E-state index contributed by atoms with van der Waals surface area (Å²) in [7, 11) is 0. The van der Waals surface area contributed by atoms with Crippen molar-refractivity contribution in [2.45, 2.75) is 12.7 Å². The summed E-state index contributed by atoms with van der Waals surface area (Å²) in [6.07, 6.45) is -1.77. The fourth-order valence-corrected chi connectivity index (χ4v) is 3.17. The third-order valence-corrected chi connectivity index (χ3v) is 4.68. The lowest BCUT2D eigenvalue weighted by Crippen LogP contribution is -2.16. The molecule has 32 heavy (non-hydrogen) atoms. The molecule has 0 aliphatic rings. The number of amides is 1. The Morgan fingerprint density at radius 2 is 1.88 bits per heavy atom. The number of rotatable bonds is 5. The van der Waals surface area contributed by atoms with Crippen LogP contribution in [-0.4, -0.2) is 26.1 Å². The van der Waals surface area contributed by atoms with Crippen molar-refractivity contribution >= 4 is 11.6 Å². The first-order valence-electron chi connectivity index (χ1n) is 9.51. The van der Waals surface area contributed by atoms with Crippen molar-refractivity contribution in [3.63, 3.8) is 0 Å². The summed E-state index contributed by atoms with van der Waals surface area (Å²) < 4.78 is 40.4. The van der Waals surface area contributed by atoms with Crippen molar-refractivity contribution in [3.05, 3.63) is 83.9 Å². The average molecular weight is 438 g/mol. The van der Waals surface area contributed by atoms with Crippen LogP contribution in [0, 0.1) is 0 Å². The first-order chi connectivity index (χ1) is 15.4. The predicted molar refractivity (Wildman–Crippen MR) is 112 cm³/mol. The van der Waals surface area contributed by atoms with Crippen molar-refractivity contribution in [2.75, 3.05) is 5.32 Å². The molecule has 1 amide bonds. The van der Waals surface area contributed by atoms with E-state index in [1.165, 1.54) is 18.5 Å². The van der Waals surface area contributed by atoms with Gasteiger partial charge in [-0.25, -0.2) is 9.97 Å². The Morgan fingerprint density at radius 3 is 2.53 bits per heavy atom. The van der Waals surface area contributed by atoms with E-state index in [0.717, 1.165) is 23.8 Å². The number of hydrogen-bond acceptors (Lipinski definition) is 5. The predicted octanol–water partition coefficient (Wildman–Crippen LogP) is 4.26. The molecule has 0 atom stereocenters. The van der Waals surface area contributed by atoms with Crippen LogP contribution in [0.5, 0.6) is 0 Å². The number of carbonyl (C=O) groups excluding carboxylic acids is 1. The van der Waals surface area contributed by atoms with E-state index in [9.17, 15) is 18.0 Å². The molecule has 4 N–H and O–H groups in total. The fraction of sp³-hybridized carbons (Fsp3) is 0.0909. The minimum atomic E-state index is -4.60. The van der Waals surface area contributed by atoms with Crippen LogP contribution in [0.15, 0.2) is 67.0 Å². The molecule has 0 spiro atoms. The van der Waals surface area contributed by atoms with Gasteiger partial charge in [-0.1, -0.05) is 30.3 Å². The van der Waals surface area contributed by atoms with Crippen LogP contribution in [0.25, 0.3) is 22.5 Å². The van der Waals surface area contributed by atoms with Crippen LogP contribution < -0.4 is 11.1 Å². The Labute approximate surface area is 180 Å². The number of carbonyl (C=O) groups is 1. The maximum absolute atomic E-state index is 13.5. The van der Waals surface area contributed by atoms with Gasteiger partial charge >= 0.3 is 6.18 Å². The number of nitrogens with one attached hydrogen (secondary N) is 2. The van der Waals surface area contributed by atoms with E-state index in [0.29, 0.717) is 17.2 Å². The van der Waals surface area contributed by atoms with Crippen molar-refractivity contribution in [1.82, 2.24) is 20.2 Å². The van der Waals surface area contributed by atoms with Crippen LogP contribution in [0.4, 0.5) is 18.9 Å². The summed E-state index contributed by atoms with van der Waals surface area (Å²) in [5.41, 5.74) is 6.13. The smallest absolute Gasteiger partial charge is 0.324 e. The van der Waals surface area contributed by atoms with Gasteiger partial charge in [0.15, 0.2) is 0 Å². The van der Waals surface area contributed by atoms with E-state index < -0.39 is 17.6 Å². The number of anilines is 1. The largest absolute Gasteiger partial charge is 0.417 e. The molecule has 0 saturated heterocycles. The van der Waals surface area contributed by atoms with Gasteiger partial charge < -0.3 is 11.1 Å². The molecule has 4 rings (SSSR count). The van der Waals surface area contributed by atoms with Crippen LogP contribution in [-0.2, 0) is 12.7 Å². The summed E-state index contributed by atoms with van der Waals surface area (Å²) >= 11 is 0. The van der Waals surface area contributed by atoms with Crippen molar-refractivity contribution < 1.29 is 18.0 Å². The number of aromatic amines is 1. The van der Waals surface area contributed by atoms with Crippen LogP contribution in [0.3, 0.4) is 0 Å². The number of benzene rings is 2. The van der Waals surface area contributed by atoms with Gasteiger partial charge in [0.25, 0.3) is 5.91 Å². The highest BCUT2D eigenvalue weighted by atomic mass is 19.4. The van der Waals surface area contributed by atoms with E-state index in [1.54, 1.807) is 0 Å². The Hall–Kier alpha value is -4.05. The molecule has 0 bridgehead atoms. The molecular weight excluding hydrogens is 421 g/mol. The number of alkyl halides is 3. The Balaban J connectivity index is 1.72. The van der Waals surface area contributed by atoms with Crippen molar-refractivity contribution in [2.24, 2.45) is 5.73 Å². The first kappa shape index (κ1) is 21.2. The minimum Gasteiger partial charge on any atom is -0.324 e. The fourth-order valence-electron chi connectivity index (χ4n) is 3.17. The molecule has 0 aliphatic heterocycles. The van der Waals surface area contributed by atoms with Gasteiger partial charge in [0, 0.05) is 22.9 Å². The Kier molecular flexibility index (Phi) is 5.69. The Bertz CT molecular complexity index is 1240. The molecule has 0 unspecified atom stereocenters. The summed E-state index contributed by atoms with van der Waals surface area (Å²) in [6, 6.07) is 13.6. The zero-order valence-electron chi connectivity index (χ0n) is 16.5. The molecule has 2 aromatic carbocycles. The standard InChI is InChI=1S/C22H17F3N6O/c23-22(24,25)16-7-6-14(10-15(16)17-8-9-28-31-17)21(32)29-18-12-27-19(11-26)30-20(18)13-4-2-1-3-5-13/h1-10,12H,11,26H2,(H,28,31)(H,29,32). The van der Waals surface area contributed by atoms with E-state index in [4.69, 9.17) is 5.73 Å². The lowest BCUT2D eigenvalue weighted by Gasteiger charge is -2.14. The number of aromatic nitrogens is 4. The lowest BCUT2D eigenvalue weighted by atomic mass is 10.0. The van der Waals surface area contributed by atoms with Crippen LogP contribution in [0.1, 0.15) is 21.7 Å².